The molecule has 158 valence electrons. The van der Waals surface area contributed by atoms with Crippen LogP contribution in [0.2, 0.25) is 0 Å². The Balaban J connectivity index is 1.34. The van der Waals surface area contributed by atoms with Crippen LogP contribution in [-0.4, -0.2) is 56.2 Å². The minimum atomic E-state index is -0.909. The van der Waals surface area contributed by atoms with Crippen molar-refractivity contribution in [2.24, 2.45) is 0 Å². The van der Waals surface area contributed by atoms with Crippen molar-refractivity contribution in [1.82, 2.24) is 25.1 Å². The van der Waals surface area contributed by atoms with Crippen LogP contribution in [0.4, 0.5) is 4.79 Å². The summed E-state index contributed by atoms with van der Waals surface area (Å²) in [7, 11) is 0. The summed E-state index contributed by atoms with van der Waals surface area (Å²) in [4.78, 5) is 49.3. The van der Waals surface area contributed by atoms with Crippen LogP contribution < -0.4 is 5.32 Å². The smallest absolute Gasteiger partial charge is 0.325 e. The molecule has 8 nitrogen and oxygen atoms in total. The molecular formula is C23H23N5O3. The zero-order valence-corrected chi connectivity index (χ0v) is 17.2. The number of likely N-dealkylation sites (tertiary alicyclic amines) is 1. The van der Waals surface area contributed by atoms with Gasteiger partial charge in [-0.2, -0.15) is 0 Å². The topological polar surface area (TPSA) is 98.4 Å². The summed E-state index contributed by atoms with van der Waals surface area (Å²) >= 11 is 0. The van der Waals surface area contributed by atoms with Gasteiger partial charge < -0.3 is 14.8 Å². The Hall–Kier alpha value is -3.68. The van der Waals surface area contributed by atoms with E-state index in [2.05, 4.69) is 15.3 Å². The summed E-state index contributed by atoms with van der Waals surface area (Å²) < 4.78 is 0. The van der Waals surface area contributed by atoms with Crippen LogP contribution >= 0.6 is 0 Å². The molecule has 0 aliphatic carbocycles. The molecule has 2 fully saturated rings. The van der Waals surface area contributed by atoms with Gasteiger partial charge in [-0.25, -0.2) is 9.78 Å². The molecule has 4 amide bonds. The first-order valence-electron chi connectivity index (χ1n) is 10.4. The fourth-order valence-corrected chi connectivity index (χ4v) is 4.62. The van der Waals surface area contributed by atoms with Gasteiger partial charge in [0.15, 0.2) is 0 Å². The van der Waals surface area contributed by atoms with Gasteiger partial charge in [0.1, 0.15) is 11.4 Å². The first kappa shape index (κ1) is 19.3. The third kappa shape index (κ3) is 3.24. The van der Waals surface area contributed by atoms with E-state index in [1.165, 1.54) is 0 Å². The number of imidazole rings is 1. The predicted octanol–water partition coefficient (Wildman–Crippen LogP) is 2.60. The number of piperidine rings is 1. The van der Waals surface area contributed by atoms with Gasteiger partial charge in [0.2, 0.25) is 0 Å². The van der Waals surface area contributed by atoms with Gasteiger partial charge in [-0.3, -0.25) is 14.9 Å². The molecular weight excluding hydrogens is 394 g/mol. The van der Waals surface area contributed by atoms with Crippen LogP contribution in [0.3, 0.4) is 0 Å². The number of rotatable bonds is 3. The number of fused-ring (bicyclic) bond motifs is 1. The fourth-order valence-electron chi connectivity index (χ4n) is 4.62. The summed E-state index contributed by atoms with van der Waals surface area (Å²) in [6.45, 7) is 3.05. The van der Waals surface area contributed by atoms with E-state index in [1.807, 2.05) is 49.4 Å². The number of carbonyl (C=O) groups excluding carboxylic acids is 3. The normalized spacial score (nSPS) is 18.1. The van der Waals surface area contributed by atoms with Crippen molar-refractivity contribution in [1.29, 1.82) is 0 Å². The Kier molecular flexibility index (Phi) is 4.50. The Labute approximate surface area is 179 Å². The van der Waals surface area contributed by atoms with Crippen molar-refractivity contribution < 1.29 is 14.4 Å². The minimum absolute atomic E-state index is 0.0802. The molecule has 0 unspecified atom stereocenters. The summed E-state index contributed by atoms with van der Waals surface area (Å²) in [5.74, 6) is 0.452. The summed E-state index contributed by atoms with van der Waals surface area (Å²) in [5.41, 5.74) is 2.29. The van der Waals surface area contributed by atoms with Crippen LogP contribution in [0, 0.1) is 6.92 Å². The average molecular weight is 417 g/mol. The molecule has 0 saturated carbocycles. The molecule has 8 heteroatoms. The highest BCUT2D eigenvalue weighted by atomic mass is 16.2. The molecule has 2 aliphatic rings. The SMILES string of the molecule is Cc1nc2ccc(C(=O)N3CCC4(CC3)C(=O)NC(=O)N4Cc3ccccc3)cc2[nH]1. The van der Waals surface area contributed by atoms with E-state index >= 15 is 0 Å². The summed E-state index contributed by atoms with van der Waals surface area (Å²) in [6.07, 6.45) is 0.823. The maximum Gasteiger partial charge on any atom is 0.325 e. The number of imide groups is 1. The lowest BCUT2D eigenvalue weighted by atomic mass is 9.85. The standard InChI is InChI=1S/C23H23N5O3/c1-15-24-18-8-7-17(13-19(18)25-15)20(29)27-11-9-23(10-12-27)21(30)26-22(31)28(23)14-16-5-3-2-4-6-16/h2-8,13H,9-12,14H2,1H3,(H,24,25)(H,26,30,31). The number of amides is 4. The minimum Gasteiger partial charge on any atom is -0.342 e. The molecule has 3 aromatic rings. The number of nitrogens with zero attached hydrogens (tertiary/aromatic N) is 3. The maximum absolute atomic E-state index is 13.1. The van der Waals surface area contributed by atoms with E-state index in [1.54, 1.807) is 15.9 Å². The van der Waals surface area contributed by atoms with Crippen molar-refractivity contribution >= 4 is 28.9 Å². The second kappa shape index (κ2) is 7.23. The van der Waals surface area contributed by atoms with Crippen molar-refractivity contribution in [3.05, 3.63) is 65.5 Å². The van der Waals surface area contributed by atoms with Gasteiger partial charge in [0.05, 0.1) is 11.0 Å². The molecule has 2 N–H and O–H groups in total. The van der Waals surface area contributed by atoms with Gasteiger partial charge >= 0.3 is 6.03 Å². The van der Waals surface area contributed by atoms with Gasteiger partial charge in [0.25, 0.3) is 11.8 Å². The maximum atomic E-state index is 13.1. The summed E-state index contributed by atoms with van der Waals surface area (Å²) in [5, 5.41) is 2.48. The Morgan fingerprint density at radius 2 is 1.84 bits per heavy atom. The highest BCUT2D eigenvalue weighted by Crippen LogP contribution is 2.35. The number of urea groups is 1. The van der Waals surface area contributed by atoms with Crippen molar-refractivity contribution in [3.8, 4) is 0 Å². The van der Waals surface area contributed by atoms with E-state index in [0.717, 1.165) is 22.4 Å². The molecule has 31 heavy (non-hydrogen) atoms. The van der Waals surface area contributed by atoms with Crippen LogP contribution in [0.1, 0.15) is 34.6 Å². The summed E-state index contributed by atoms with van der Waals surface area (Å²) in [6, 6.07) is 14.7. The quantitative estimate of drug-likeness (QED) is 0.640. The third-order valence-electron chi connectivity index (χ3n) is 6.31. The molecule has 1 spiro atoms. The second-order valence-electron chi connectivity index (χ2n) is 8.21. The second-order valence-corrected chi connectivity index (χ2v) is 8.21. The molecule has 1 aromatic heterocycles. The molecule has 0 radical (unpaired) electrons. The molecule has 2 saturated heterocycles. The number of benzene rings is 2. The Morgan fingerprint density at radius 1 is 1.10 bits per heavy atom. The van der Waals surface area contributed by atoms with Crippen molar-refractivity contribution in [2.75, 3.05) is 13.1 Å². The highest BCUT2D eigenvalue weighted by Gasteiger charge is 2.54. The van der Waals surface area contributed by atoms with E-state index in [9.17, 15) is 14.4 Å². The van der Waals surface area contributed by atoms with Crippen LogP contribution in [0.15, 0.2) is 48.5 Å². The molecule has 5 rings (SSSR count). The molecule has 2 aromatic carbocycles. The zero-order chi connectivity index (χ0) is 21.6. The lowest BCUT2D eigenvalue weighted by Crippen LogP contribution is -2.57. The number of H-pyrrole nitrogens is 1. The van der Waals surface area contributed by atoms with E-state index in [4.69, 9.17) is 0 Å². The number of aromatic amines is 1. The third-order valence-corrected chi connectivity index (χ3v) is 6.31. The Bertz CT molecular complexity index is 1180. The highest BCUT2D eigenvalue weighted by molar-refractivity contribution is 6.07. The lowest BCUT2D eigenvalue weighted by molar-refractivity contribution is -0.129. The number of aromatic nitrogens is 2. The lowest BCUT2D eigenvalue weighted by Gasteiger charge is -2.42. The number of hydrogen-bond donors (Lipinski definition) is 2. The average Bonchev–Trinajstić information content (AvgIpc) is 3.26. The molecule has 0 atom stereocenters. The number of nitrogens with one attached hydrogen (secondary N) is 2. The fraction of sp³-hybridized carbons (Fsp3) is 0.304. The first-order chi connectivity index (χ1) is 15.0. The van der Waals surface area contributed by atoms with Crippen LogP contribution in [0.25, 0.3) is 11.0 Å². The number of hydrogen-bond acceptors (Lipinski definition) is 4. The monoisotopic (exact) mass is 417 g/mol. The van der Waals surface area contributed by atoms with Gasteiger partial charge in [0, 0.05) is 25.2 Å². The van der Waals surface area contributed by atoms with E-state index in [0.29, 0.717) is 38.0 Å². The first-order valence-corrected chi connectivity index (χ1v) is 10.4. The number of carbonyl (C=O) groups is 3. The van der Waals surface area contributed by atoms with Gasteiger partial charge in [-0.15, -0.1) is 0 Å². The zero-order valence-electron chi connectivity index (χ0n) is 17.2. The molecule has 0 bridgehead atoms. The van der Waals surface area contributed by atoms with Gasteiger partial charge in [-0.1, -0.05) is 30.3 Å². The predicted molar refractivity (Wildman–Crippen MR) is 114 cm³/mol. The van der Waals surface area contributed by atoms with Crippen molar-refractivity contribution in [3.63, 3.8) is 0 Å². The van der Waals surface area contributed by atoms with Crippen molar-refractivity contribution in [2.45, 2.75) is 31.8 Å². The molecule has 2 aliphatic heterocycles. The van der Waals surface area contributed by atoms with Crippen LogP contribution in [-0.2, 0) is 11.3 Å². The Morgan fingerprint density at radius 3 is 2.58 bits per heavy atom. The molecule has 3 heterocycles. The van der Waals surface area contributed by atoms with Gasteiger partial charge in [-0.05, 0) is 43.5 Å². The largest absolute Gasteiger partial charge is 0.342 e. The van der Waals surface area contributed by atoms with E-state index < -0.39 is 5.54 Å². The van der Waals surface area contributed by atoms with E-state index in [-0.39, 0.29) is 17.8 Å². The number of aryl methyl sites for hydroxylation is 1. The van der Waals surface area contributed by atoms with Crippen LogP contribution in [0.5, 0.6) is 0 Å².